The molecule has 0 radical (unpaired) electrons. The molecule has 0 aliphatic carbocycles. The fourth-order valence-corrected chi connectivity index (χ4v) is 2.68. The van der Waals surface area contributed by atoms with E-state index in [1.165, 1.54) is 0 Å². The molecule has 134 valence electrons. The van der Waals surface area contributed by atoms with Crippen molar-refractivity contribution in [2.24, 2.45) is 0 Å². The number of carbonyl (C=O) groups is 1. The van der Waals surface area contributed by atoms with Crippen molar-refractivity contribution in [1.29, 1.82) is 5.26 Å². The Morgan fingerprint density at radius 3 is 2.41 bits per heavy atom. The molecular formula is C22H20N4O. The monoisotopic (exact) mass is 356 g/mol. The van der Waals surface area contributed by atoms with Crippen LogP contribution in [0.3, 0.4) is 0 Å². The van der Waals surface area contributed by atoms with Gasteiger partial charge in [0.25, 0.3) is 5.91 Å². The number of hydrogen-bond donors (Lipinski definition) is 1. The number of nitriles is 1. The third-order valence-electron chi connectivity index (χ3n) is 4.18. The first kappa shape index (κ1) is 18.2. The molecule has 0 atom stereocenters. The quantitative estimate of drug-likeness (QED) is 0.712. The van der Waals surface area contributed by atoms with Crippen molar-refractivity contribution < 1.29 is 4.79 Å². The van der Waals surface area contributed by atoms with E-state index >= 15 is 0 Å². The summed E-state index contributed by atoms with van der Waals surface area (Å²) in [6.07, 6.45) is 1.59. The zero-order valence-electron chi connectivity index (χ0n) is 15.1. The Bertz CT molecular complexity index is 929. The Balaban J connectivity index is 1.67. The molecular weight excluding hydrogens is 336 g/mol. The lowest BCUT2D eigenvalue weighted by Gasteiger charge is -2.21. The van der Waals surface area contributed by atoms with Gasteiger partial charge in [-0.25, -0.2) is 4.98 Å². The van der Waals surface area contributed by atoms with E-state index in [1.54, 1.807) is 35.4 Å². The van der Waals surface area contributed by atoms with E-state index in [-0.39, 0.29) is 5.91 Å². The van der Waals surface area contributed by atoms with Crippen LogP contribution in [-0.2, 0) is 6.54 Å². The number of rotatable bonds is 6. The topological polar surface area (TPSA) is 69.0 Å². The molecule has 1 aromatic heterocycles. The molecule has 0 fully saturated rings. The maximum Gasteiger partial charge on any atom is 0.255 e. The van der Waals surface area contributed by atoms with Crippen LogP contribution in [-0.4, -0.2) is 22.3 Å². The number of hydrogen-bond acceptors (Lipinski definition) is 4. The lowest BCUT2D eigenvalue weighted by atomic mass is 10.2. The Hall–Kier alpha value is -3.65. The molecule has 1 N–H and O–H groups in total. The van der Waals surface area contributed by atoms with Gasteiger partial charge in [0, 0.05) is 25.0 Å². The summed E-state index contributed by atoms with van der Waals surface area (Å²) in [5.74, 6) is 0.598. The molecule has 1 heterocycles. The van der Waals surface area contributed by atoms with E-state index in [9.17, 15) is 4.79 Å². The molecule has 1 amide bonds. The Kier molecular flexibility index (Phi) is 5.80. The van der Waals surface area contributed by atoms with Crippen molar-refractivity contribution in [2.75, 3.05) is 11.9 Å². The van der Waals surface area contributed by atoms with Crippen LogP contribution in [0.5, 0.6) is 0 Å². The van der Waals surface area contributed by atoms with Crippen LogP contribution in [0.25, 0.3) is 0 Å². The summed E-state index contributed by atoms with van der Waals surface area (Å²) in [6, 6.07) is 22.7. The van der Waals surface area contributed by atoms with Gasteiger partial charge in [-0.2, -0.15) is 5.26 Å². The smallest absolute Gasteiger partial charge is 0.255 e. The van der Waals surface area contributed by atoms with Gasteiger partial charge >= 0.3 is 0 Å². The molecule has 0 unspecified atom stereocenters. The number of pyridine rings is 1. The number of benzene rings is 2. The molecule has 27 heavy (non-hydrogen) atoms. The Morgan fingerprint density at radius 2 is 1.81 bits per heavy atom. The first-order valence-electron chi connectivity index (χ1n) is 8.76. The van der Waals surface area contributed by atoms with Crippen LogP contribution in [0.4, 0.5) is 11.5 Å². The van der Waals surface area contributed by atoms with Gasteiger partial charge in [0.15, 0.2) is 0 Å². The van der Waals surface area contributed by atoms with Crippen LogP contribution < -0.4 is 5.32 Å². The van der Waals surface area contributed by atoms with Gasteiger partial charge in [0.05, 0.1) is 17.2 Å². The number of nitrogens with zero attached hydrogens (tertiary/aromatic N) is 3. The number of aromatic nitrogens is 1. The summed E-state index contributed by atoms with van der Waals surface area (Å²) in [6.45, 7) is 3.16. The average Bonchev–Trinajstić information content (AvgIpc) is 2.73. The van der Waals surface area contributed by atoms with Crippen molar-refractivity contribution in [1.82, 2.24) is 9.88 Å². The zero-order chi connectivity index (χ0) is 19.1. The summed E-state index contributed by atoms with van der Waals surface area (Å²) in [5, 5.41) is 12.0. The maximum atomic E-state index is 12.8. The molecule has 5 nitrogen and oxygen atoms in total. The van der Waals surface area contributed by atoms with Crippen LogP contribution in [0.15, 0.2) is 72.9 Å². The predicted octanol–water partition coefficient (Wildman–Crippen LogP) is 4.36. The van der Waals surface area contributed by atoms with E-state index in [0.717, 1.165) is 11.3 Å². The highest BCUT2D eigenvalue weighted by molar-refractivity contribution is 5.94. The summed E-state index contributed by atoms with van der Waals surface area (Å²) in [5.41, 5.74) is 3.09. The Morgan fingerprint density at radius 1 is 1.07 bits per heavy atom. The molecule has 2 aromatic carbocycles. The molecule has 0 saturated carbocycles. The van der Waals surface area contributed by atoms with Gasteiger partial charge in [-0.05, 0) is 48.9 Å². The van der Waals surface area contributed by atoms with E-state index in [2.05, 4.69) is 16.4 Å². The van der Waals surface area contributed by atoms with Crippen LogP contribution >= 0.6 is 0 Å². The molecule has 0 saturated heterocycles. The van der Waals surface area contributed by atoms with E-state index < -0.39 is 0 Å². The minimum absolute atomic E-state index is 0.0428. The fraction of sp³-hybridized carbons (Fsp3) is 0.136. The second-order valence-electron chi connectivity index (χ2n) is 6.05. The highest BCUT2D eigenvalue weighted by Crippen LogP contribution is 2.16. The minimum Gasteiger partial charge on any atom is -0.340 e. The molecule has 0 bridgehead atoms. The third kappa shape index (κ3) is 4.71. The molecule has 5 heteroatoms. The maximum absolute atomic E-state index is 12.8. The second-order valence-corrected chi connectivity index (χ2v) is 6.05. The van der Waals surface area contributed by atoms with Gasteiger partial charge in [-0.15, -0.1) is 0 Å². The molecule has 3 rings (SSSR count). The molecule has 0 aliphatic rings. The molecule has 0 spiro atoms. The van der Waals surface area contributed by atoms with Gasteiger partial charge in [0.1, 0.15) is 5.82 Å². The number of amides is 1. The van der Waals surface area contributed by atoms with Gasteiger partial charge in [0.2, 0.25) is 0 Å². The lowest BCUT2D eigenvalue weighted by Crippen LogP contribution is -2.30. The summed E-state index contributed by atoms with van der Waals surface area (Å²) >= 11 is 0. The number of nitrogens with one attached hydrogen (secondary N) is 1. The van der Waals surface area contributed by atoms with Crippen molar-refractivity contribution in [3.05, 3.63) is 89.6 Å². The van der Waals surface area contributed by atoms with Crippen LogP contribution in [0, 0.1) is 11.3 Å². The van der Waals surface area contributed by atoms with Crippen molar-refractivity contribution in [3.63, 3.8) is 0 Å². The summed E-state index contributed by atoms with van der Waals surface area (Å²) in [7, 11) is 0. The summed E-state index contributed by atoms with van der Waals surface area (Å²) in [4.78, 5) is 18.9. The predicted molar refractivity (Wildman–Crippen MR) is 106 cm³/mol. The highest BCUT2D eigenvalue weighted by Gasteiger charge is 2.15. The van der Waals surface area contributed by atoms with Gasteiger partial charge < -0.3 is 10.2 Å². The van der Waals surface area contributed by atoms with Crippen molar-refractivity contribution >= 4 is 17.4 Å². The van der Waals surface area contributed by atoms with Crippen molar-refractivity contribution in [3.8, 4) is 6.07 Å². The fourth-order valence-electron chi connectivity index (χ4n) is 2.68. The van der Waals surface area contributed by atoms with Gasteiger partial charge in [-0.3, -0.25) is 4.79 Å². The van der Waals surface area contributed by atoms with Crippen LogP contribution in [0.2, 0.25) is 0 Å². The highest BCUT2D eigenvalue weighted by atomic mass is 16.2. The third-order valence-corrected chi connectivity index (χ3v) is 4.18. The molecule has 0 aliphatic heterocycles. The Labute approximate surface area is 158 Å². The first-order chi connectivity index (χ1) is 13.2. The van der Waals surface area contributed by atoms with E-state index in [0.29, 0.717) is 30.0 Å². The second kappa shape index (κ2) is 8.63. The largest absolute Gasteiger partial charge is 0.340 e. The minimum atomic E-state index is -0.0428. The first-order valence-corrected chi connectivity index (χ1v) is 8.76. The van der Waals surface area contributed by atoms with Crippen molar-refractivity contribution in [2.45, 2.75) is 13.5 Å². The standard InChI is InChI=1S/C22H20N4O/c1-2-26(16-18-6-4-3-5-7-18)22(27)19-10-13-21(24-15-19)25-20-11-8-17(14-23)9-12-20/h3-13,15H,2,16H2,1H3,(H,24,25). The SMILES string of the molecule is CCN(Cc1ccccc1)C(=O)c1ccc(Nc2ccc(C#N)cc2)nc1. The molecule has 3 aromatic rings. The van der Waals surface area contributed by atoms with E-state index in [1.807, 2.05) is 49.4 Å². The summed E-state index contributed by atoms with van der Waals surface area (Å²) < 4.78 is 0. The number of anilines is 2. The lowest BCUT2D eigenvalue weighted by molar-refractivity contribution is 0.0752. The van der Waals surface area contributed by atoms with E-state index in [4.69, 9.17) is 5.26 Å². The number of carbonyl (C=O) groups excluding carboxylic acids is 1. The normalized spacial score (nSPS) is 10.1. The zero-order valence-corrected chi connectivity index (χ0v) is 15.1. The van der Waals surface area contributed by atoms with Crippen LogP contribution in [0.1, 0.15) is 28.4 Å². The average molecular weight is 356 g/mol. The van der Waals surface area contributed by atoms with Gasteiger partial charge in [-0.1, -0.05) is 30.3 Å².